The Balaban J connectivity index is 1.29. The molecule has 3 heterocycles. The van der Waals surface area contributed by atoms with Crippen molar-refractivity contribution in [3.63, 3.8) is 0 Å². The van der Waals surface area contributed by atoms with Crippen molar-refractivity contribution in [1.82, 2.24) is 14.8 Å². The molecule has 0 saturated carbocycles. The number of thiazole rings is 1. The number of aromatic nitrogens is 1. The van der Waals surface area contributed by atoms with Crippen molar-refractivity contribution in [3.05, 3.63) is 34.8 Å². The van der Waals surface area contributed by atoms with E-state index in [0.717, 1.165) is 55.9 Å². The number of likely N-dealkylation sites (tertiary alicyclic amines) is 1. The van der Waals surface area contributed by atoms with Crippen molar-refractivity contribution in [2.45, 2.75) is 45.2 Å². The van der Waals surface area contributed by atoms with Gasteiger partial charge in [-0.2, -0.15) is 0 Å². The lowest BCUT2D eigenvalue weighted by Crippen LogP contribution is -2.28. The monoisotopic (exact) mass is 371 g/mol. The first-order valence-electron chi connectivity index (χ1n) is 9.83. The van der Waals surface area contributed by atoms with E-state index in [9.17, 15) is 0 Å². The van der Waals surface area contributed by atoms with Gasteiger partial charge in [0.2, 0.25) is 0 Å². The fourth-order valence-electron chi connectivity index (χ4n) is 3.93. The summed E-state index contributed by atoms with van der Waals surface area (Å²) >= 11 is 1.85. The van der Waals surface area contributed by atoms with Crippen LogP contribution >= 0.6 is 11.3 Å². The maximum atomic E-state index is 5.94. The van der Waals surface area contributed by atoms with E-state index in [1.165, 1.54) is 35.5 Å². The SMILES string of the molecule is CC1CCCN1CCCOc1ccc(-c2nc3c(s2)CCN(C)C3)cc1. The van der Waals surface area contributed by atoms with Crippen LogP contribution < -0.4 is 4.74 Å². The summed E-state index contributed by atoms with van der Waals surface area (Å²) < 4.78 is 5.94. The molecule has 1 fully saturated rings. The minimum Gasteiger partial charge on any atom is -0.494 e. The van der Waals surface area contributed by atoms with Crippen molar-refractivity contribution in [3.8, 4) is 16.3 Å². The molecule has 5 heteroatoms. The van der Waals surface area contributed by atoms with E-state index in [4.69, 9.17) is 9.72 Å². The topological polar surface area (TPSA) is 28.6 Å². The first-order chi connectivity index (χ1) is 12.7. The molecular formula is C21H29N3OS. The number of hydrogen-bond donors (Lipinski definition) is 0. The molecule has 1 unspecified atom stereocenters. The zero-order valence-corrected chi connectivity index (χ0v) is 16.7. The highest BCUT2D eigenvalue weighted by Crippen LogP contribution is 2.32. The molecule has 2 aliphatic rings. The second kappa shape index (κ2) is 8.07. The van der Waals surface area contributed by atoms with E-state index in [0.29, 0.717) is 0 Å². The number of likely N-dealkylation sites (N-methyl/N-ethyl adjacent to an activating group) is 1. The lowest BCUT2D eigenvalue weighted by Gasteiger charge is -2.20. The third-order valence-corrected chi connectivity index (χ3v) is 6.78. The molecule has 0 N–H and O–H groups in total. The summed E-state index contributed by atoms with van der Waals surface area (Å²) in [6, 6.07) is 9.21. The van der Waals surface area contributed by atoms with Crippen molar-refractivity contribution in [2.24, 2.45) is 0 Å². The zero-order valence-electron chi connectivity index (χ0n) is 15.9. The van der Waals surface area contributed by atoms with E-state index < -0.39 is 0 Å². The highest BCUT2D eigenvalue weighted by Gasteiger charge is 2.20. The number of benzene rings is 1. The van der Waals surface area contributed by atoms with E-state index in [1.54, 1.807) is 0 Å². The van der Waals surface area contributed by atoms with Crippen LogP contribution in [-0.2, 0) is 13.0 Å². The molecule has 0 aliphatic carbocycles. The maximum absolute atomic E-state index is 5.94. The van der Waals surface area contributed by atoms with Gasteiger partial charge in [0.05, 0.1) is 12.3 Å². The first-order valence-corrected chi connectivity index (χ1v) is 10.6. The Bertz CT molecular complexity index is 727. The Labute approximate surface area is 160 Å². The molecule has 140 valence electrons. The molecule has 1 aromatic carbocycles. The lowest BCUT2D eigenvalue weighted by atomic mass is 10.2. The molecule has 2 aromatic rings. The van der Waals surface area contributed by atoms with E-state index in [-0.39, 0.29) is 0 Å². The van der Waals surface area contributed by atoms with Gasteiger partial charge in [0.25, 0.3) is 0 Å². The fraction of sp³-hybridized carbons (Fsp3) is 0.571. The van der Waals surface area contributed by atoms with Gasteiger partial charge in [-0.25, -0.2) is 4.98 Å². The Kier molecular flexibility index (Phi) is 5.57. The van der Waals surface area contributed by atoms with Crippen LogP contribution in [0.4, 0.5) is 0 Å². The Morgan fingerprint density at radius 2 is 2.08 bits per heavy atom. The largest absolute Gasteiger partial charge is 0.494 e. The van der Waals surface area contributed by atoms with Crippen LogP contribution in [0.15, 0.2) is 24.3 Å². The molecule has 0 bridgehead atoms. The van der Waals surface area contributed by atoms with Gasteiger partial charge >= 0.3 is 0 Å². The number of nitrogens with zero attached hydrogens (tertiary/aromatic N) is 3. The Morgan fingerprint density at radius 1 is 1.23 bits per heavy atom. The average Bonchev–Trinajstić information content (AvgIpc) is 3.25. The Morgan fingerprint density at radius 3 is 2.85 bits per heavy atom. The molecule has 1 saturated heterocycles. The van der Waals surface area contributed by atoms with Gasteiger partial charge in [-0.3, -0.25) is 0 Å². The van der Waals surface area contributed by atoms with Gasteiger partial charge in [-0.05, 0) is 70.5 Å². The number of ether oxygens (including phenoxy) is 1. The van der Waals surface area contributed by atoms with Gasteiger partial charge < -0.3 is 14.5 Å². The fourth-order valence-corrected chi connectivity index (χ4v) is 4.99. The van der Waals surface area contributed by atoms with E-state index >= 15 is 0 Å². The molecule has 4 rings (SSSR count). The quantitative estimate of drug-likeness (QED) is 0.716. The highest BCUT2D eigenvalue weighted by atomic mass is 32.1. The van der Waals surface area contributed by atoms with Crippen LogP contribution in [0.1, 0.15) is 36.8 Å². The Hall–Kier alpha value is -1.43. The molecular weight excluding hydrogens is 342 g/mol. The van der Waals surface area contributed by atoms with Gasteiger partial charge in [0.15, 0.2) is 0 Å². The van der Waals surface area contributed by atoms with Gasteiger partial charge in [0.1, 0.15) is 10.8 Å². The number of rotatable bonds is 6. The first kappa shape index (κ1) is 18.0. The van der Waals surface area contributed by atoms with Crippen molar-refractivity contribution >= 4 is 11.3 Å². The highest BCUT2D eigenvalue weighted by molar-refractivity contribution is 7.15. The third kappa shape index (κ3) is 4.11. The number of fused-ring (bicyclic) bond motifs is 1. The maximum Gasteiger partial charge on any atom is 0.123 e. The normalized spacial score (nSPS) is 21.1. The zero-order chi connectivity index (χ0) is 17.9. The molecule has 2 aliphatic heterocycles. The predicted octanol–water partition coefficient (Wildman–Crippen LogP) is 4.05. The van der Waals surface area contributed by atoms with Crippen LogP contribution in [-0.4, -0.2) is 54.1 Å². The predicted molar refractivity (Wildman–Crippen MR) is 108 cm³/mol. The summed E-state index contributed by atoms with van der Waals surface area (Å²) in [6.07, 6.45) is 4.91. The van der Waals surface area contributed by atoms with E-state index in [1.807, 2.05) is 11.3 Å². The summed E-state index contributed by atoms with van der Waals surface area (Å²) in [6.45, 7) is 7.64. The third-order valence-electron chi connectivity index (χ3n) is 5.57. The molecule has 1 aromatic heterocycles. The van der Waals surface area contributed by atoms with Gasteiger partial charge in [-0.15, -0.1) is 11.3 Å². The smallest absolute Gasteiger partial charge is 0.123 e. The van der Waals surface area contributed by atoms with Crippen LogP contribution in [0.25, 0.3) is 10.6 Å². The summed E-state index contributed by atoms with van der Waals surface area (Å²) in [5.41, 5.74) is 2.46. The summed E-state index contributed by atoms with van der Waals surface area (Å²) in [5.74, 6) is 0.962. The molecule has 1 atom stereocenters. The molecule has 0 spiro atoms. The van der Waals surface area contributed by atoms with Gasteiger partial charge in [0, 0.05) is 36.1 Å². The lowest BCUT2D eigenvalue weighted by molar-refractivity contribution is 0.230. The van der Waals surface area contributed by atoms with Crippen LogP contribution in [0.3, 0.4) is 0 Å². The second-order valence-electron chi connectivity index (χ2n) is 7.63. The second-order valence-corrected chi connectivity index (χ2v) is 8.71. The average molecular weight is 372 g/mol. The number of hydrogen-bond acceptors (Lipinski definition) is 5. The minimum atomic E-state index is 0.748. The molecule has 26 heavy (non-hydrogen) atoms. The van der Waals surface area contributed by atoms with Gasteiger partial charge in [-0.1, -0.05) is 0 Å². The van der Waals surface area contributed by atoms with Crippen LogP contribution in [0, 0.1) is 0 Å². The summed E-state index contributed by atoms with van der Waals surface area (Å²) in [5, 5.41) is 1.14. The van der Waals surface area contributed by atoms with Crippen LogP contribution in [0.5, 0.6) is 5.75 Å². The summed E-state index contributed by atoms with van der Waals surface area (Å²) in [4.78, 5) is 11.2. The van der Waals surface area contributed by atoms with Crippen molar-refractivity contribution < 1.29 is 4.74 Å². The molecule has 4 nitrogen and oxygen atoms in total. The molecule has 0 amide bonds. The molecule has 0 radical (unpaired) electrons. The standard InChI is InChI=1S/C21H29N3OS/c1-16-5-3-11-24(16)12-4-14-25-18-8-6-17(7-9-18)21-22-19-15-23(2)13-10-20(19)26-21/h6-9,16H,3-5,10-15H2,1-2H3. The van der Waals surface area contributed by atoms with Crippen LogP contribution in [0.2, 0.25) is 0 Å². The minimum absolute atomic E-state index is 0.748. The van der Waals surface area contributed by atoms with Crippen molar-refractivity contribution in [1.29, 1.82) is 0 Å². The van der Waals surface area contributed by atoms with Crippen molar-refractivity contribution in [2.75, 3.05) is 33.3 Å². The summed E-state index contributed by atoms with van der Waals surface area (Å²) in [7, 11) is 2.17. The van der Waals surface area contributed by atoms with E-state index in [2.05, 4.69) is 48.0 Å².